The summed E-state index contributed by atoms with van der Waals surface area (Å²) in [6.45, 7) is 1.62. The van der Waals surface area contributed by atoms with Crippen molar-refractivity contribution >= 4 is 27.4 Å². The topological polar surface area (TPSA) is 89.7 Å². The second kappa shape index (κ2) is 4.73. The highest BCUT2D eigenvalue weighted by Crippen LogP contribution is 2.35. The third-order valence-electron chi connectivity index (χ3n) is 3.31. The van der Waals surface area contributed by atoms with E-state index in [-0.39, 0.29) is 0 Å². The molecule has 1 heterocycles. The lowest BCUT2D eigenvalue weighted by Gasteiger charge is -2.22. The Hall–Kier alpha value is -1.76. The van der Waals surface area contributed by atoms with E-state index in [0.717, 1.165) is 5.56 Å². The predicted molar refractivity (Wildman–Crippen MR) is 72.3 cm³/mol. The molecule has 2 N–H and O–H groups in total. The Morgan fingerprint density at radius 2 is 2.16 bits per heavy atom. The van der Waals surface area contributed by atoms with Gasteiger partial charge in [-0.25, -0.2) is 8.42 Å². The van der Waals surface area contributed by atoms with E-state index in [4.69, 9.17) is 5.73 Å². The zero-order chi connectivity index (χ0) is 14.2. The minimum absolute atomic E-state index is 0.299. The molecular weight excluding hydrogens is 268 g/mol. The van der Waals surface area contributed by atoms with Gasteiger partial charge in [0.25, 0.3) is 0 Å². The number of nitrogens with two attached hydrogens (primary N) is 1. The molecule has 0 radical (unpaired) electrons. The molecular formula is C12H16N2O4S. The van der Waals surface area contributed by atoms with Crippen LogP contribution in [0.3, 0.4) is 0 Å². The van der Waals surface area contributed by atoms with Gasteiger partial charge >= 0.3 is 5.97 Å². The molecule has 1 aromatic rings. The molecule has 1 unspecified atom stereocenters. The van der Waals surface area contributed by atoms with Gasteiger partial charge in [0.05, 0.1) is 12.8 Å². The largest absolute Gasteiger partial charge is 0.468 e. The standard InChI is InChI=1S/C12H16N2O4S/c1-8(12(15)18-2)19(16,17)14-7-6-9-10(13)4-3-5-11(9)14/h3-5,8H,6-7,13H2,1-2H3. The van der Waals surface area contributed by atoms with Gasteiger partial charge in [-0.3, -0.25) is 9.10 Å². The number of carbonyl (C=O) groups excluding carboxylic acids is 1. The van der Waals surface area contributed by atoms with Gasteiger partial charge in [0.15, 0.2) is 5.25 Å². The van der Waals surface area contributed by atoms with Crippen LogP contribution in [0.2, 0.25) is 0 Å². The summed E-state index contributed by atoms with van der Waals surface area (Å²) >= 11 is 0. The number of nitrogen functional groups attached to an aromatic ring is 1. The van der Waals surface area contributed by atoms with Gasteiger partial charge in [-0.15, -0.1) is 0 Å². The van der Waals surface area contributed by atoms with Crippen molar-refractivity contribution < 1.29 is 17.9 Å². The fourth-order valence-corrected chi connectivity index (χ4v) is 3.69. The van der Waals surface area contributed by atoms with Crippen molar-refractivity contribution in [1.29, 1.82) is 0 Å². The van der Waals surface area contributed by atoms with Gasteiger partial charge in [-0.2, -0.15) is 0 Å². The molecule has 7 heteroatoms. The van der Waals surface area contributed by atoms with Crippen LogP contribution in [0, 0.1) is 0 Å². The average Bonchev–Trinajstić information content (AvgIpc) is 2.82. The second-order valence-electron chi connectivity index (χ2n) is 4.38. The Bertz CT molecular complexity index is 612. The minimum atomic E-state index is -3.78. The van der Waals surface area contributed by atoms with Crippen molar-refractivity contribution in [3.63, 3.8) is 0 Å². The molecule has 6 nitrogen and oxygen atoms in total. The number of hydrogen-bond acceptors (Lipinski definition) is 5. The number of rotatable bonds is 3. The van der Waals surface area contributed by atoms with Crippen LogP contribution in [0.1, 0.15) is 12.5 Å². The maximum Gasteiger partial charge on any atom is 0.325 e. The minimum Gasteiger partial charge on any atom is -0.468 e. The van der Waals surface area contributed by atoms with Crippen molar-refractivity contribution in [2.45, 2.75) is 18.6 Å². The molecule has 0 spiro atoms. The van der Waals surface area contributed by atoms with Crippen LogP contribution in [0.15, 0.2) is 18.2 Å². The van der Waals surface area contributed by atoms with E-state index >= 15 is 0 Å². The Kier molecular flexibility index (Phi) is 3.40. The Morgan fingerprint density at radius 3 is 2.79 bits per heavy atom. The maximum absolute atomic E-state index is 12.4. The number of hydrogen-bond donors (Lipinski definition) is 1. The van der Waals surface area contributed by atoms with E-state index in [1.807, 2.05) is 0 Å². The number of esters is 1. The number of methoxy groups -OCH3 is 1. The summed E-state index contributed by atoms with van der Waals surface area (Å²) in [6, 6.07) is 5.13. The van der Waals surface area contributed by atoms with E-state index in [2.05, 4.69) is 4.74 Å². The number of benzene rings is 1. The summed E-state index contributed by atoms with van der Waals surface area (Å²) in [5.41, 5.74) is 7.76. The van der Waals surface area contributed by atoms with Crippen LogP contribution >= 0.6 is 0 Å². The first-order valence-corrected chi connectivity index (χ1v) is 7.36. The smallest absolute Gasteiger partial charge is 0.325 e. The molecule has 104 valence electrons. The fourth-order valence-electron chi connectivity index (χ4n) is 2.17. The maximum atomic E-state index is 12.4. The molecule has 0 aromatic heterocycles. The summed E-state index contributed by atoms with van der Waals surface area (Å²) < 4.78 is 30.5. The molecule has 1 atom stereocenters. The molecule has 0 aliphatic carbocycles. The highest BCUT2D eigenvalue weighted by molar-refractivity contribution is 7.94. The Balaban J connectivity index is 2.41. The zero-order valence-electron chi connectivity index (χ0n) is 10.8. The molecule has 19 heavy (non-hydrogen) atoms. The molecule has 0 bridgehead atoms. The molecule has 0 fully saturated rings. The van der Waals surface area contributed by atoms with Gasteiger partial charge < -0.3 is 10.5 Å². The highest BCUT2D eigenvalue weighted by atomic mass is 32.2. The third-order valence-corrected chi connectivity index (χ3v) is 5.39. The lowest BCUT2D eigenvalue weighted by atomic mass is 10.1. The predicted octanol–water partition coefficient (Wildman–Crippen LogP) is 0.523. The van der Waals surface area contributed by atoms with E-state index in [1.165, 1.54) is 18.3 Å². The summed E-state index contributed by atoms with van der Waals surface area (Å²) in [5.74, 6) is -0.766. The first kappa shape index (κ1) is 13.7. The molecule has 1 aliphatic heterocycles. The van der Waals surface area contributed by atoms with Crippen LogP contribution in [-0.2, 0) is 26.0 Å². The highest BCUT2D eigenvalue weighted by Gasteiger charge is 2.38. The number of fused-ring (bicyclic) bond motifs is 1. The van der Waals surface area contributed by atoms with Crippen LogP contribution in [0.4, 0.5) is 11.4 Å². The first-order chi connectivity index (χ1) is 8.89. The van der Waals surface area contributed by atoms with Gasteiger partial charge in [0.1, 0.15) is 0 Å². The summed E-state index contributed by atoms with van der Waals surface area (Å²) in [5, 5.41) is -1.23. The molecule has 0 amide bonds. The van der Waals surface area contributed by atoms with Crippen LogP contribution in [-0.4, -0.2) is 33.3 Å². The molecule has 0 saturated carbocycles. The second-order valence-corrected chi connectivity index (χ2v) is 6.56. The number of ether oxygens (including phenoxy) is 1. The molecule has 2 rings (SSSR count). The van der Waals surface area contributed by atoms with Crippen molar-refractivity contribution in [3.05, 3.63) is 23.8 Å². The summed E-state index contributed by atoms with van der Waals surface area (Å²) in [7, 11) is -2.61. The lowest BCUT2D eigenvalue weighted by Crippen LogP contribution is -2.40. The lowest BCUT2D eigenvalue weighted by molar-refractivity contribution is -0.139. The van der Waals surface area contributed by atoms with Crippen molar-refractivity contribution in [1.82, 2.24) is 0 Å². The number of sulfonamides is 1. The SMILES string of the molecule is COC(=O)C(C)S(=O)(=O)N1CCc2c(N)cccc21. The summed E-state index contributed by atoms with van der Waals surface area (Å²) in [6.07, 6.45) is 0.551. The van der Waals surface area contributed by atoms with Crippen LogP contribution < -0.4 is 10.0 Å². The third kappa shape index (κ3) is 2.14. The van der Waals surface area contributed by atoms with E-state index in [9.17, 15) is 13.2 Å². The fraction of sp³-hybridized carbons (Fsp3) is 0.417. The Labute approximate surface area is 112 Å². The first-order valence-electron chi connectivity index (χ1n) is 5.86. The number of nitrogens with zero attached hydrogens (tertiary/aromatic N) is 1. The average molecular weight is 284 g/mol. The monoisotopic (exact) mass is 284 g/mol. The van der Waals surface area contributed by atoms with Gasteiger partial charge in [0, 0.05) is 17.8 Å². The van der Waals surface area contributed by atoms with Crippen LogP contribution in [0.25, 0.3) is 0 Å². The number of anilines is 2. The van der Waals surface area contributed by atoms with Gasteiger partial charge in [-0.1, -0.05) is 6.07 Å². The van der Waals surface area contributed by atoms with E-state index < -0.39 is 21.2 Å². The van der Waals surface area contributed by atoms with E-state index in [1.54, 1.807) is 18.2 Å². The van der Waals surface area contributed by atoms with Gasteiger partial charge in [0.2, 0.25) is 10.0 Å². The Morgan fingerprint density at radius 1 is 1.47 bits per heavy atom. The van der Waals surface area contributed by atoms with Gasteiger partial charge in [-0.05, 0) is 25.5 Å². The molecule has 1 aliphatic rings. The molecule has 1 aromatic carbocycles. The summed E-state index contributed by atoms with van der Waals surface area (Å²) in [4.78, 5) is 11.4. The van der Waals surface area contributed by atoms with E-state index in [0.29, 0.717) is 24.3 Å². The van der Waals surface area contributed by atoms with Crippen molar-refractivity contribution in [2.24, 2.45) is 0 Å². The van der Waals surface area contributed by atoms with Crippen molar-refractivity contribution in [2.75, 3.05) is 23.7 Å². The molecule has 0 saturated heterocycles. The number of carbonyl (C=O) groups is 1. The van der Waals surface area contributed by atoms with Crippen molar-refractivity contribution in [3.8, 4) is 0 Å². The quantitative estimate of drug-likeness (QED) is 0.645. The normalized spacial score (nSPS) is 16.0. The van der Waals surface area contributed by atoms with Crippen LogP contribution in [0.5, 0.6) is 0 Å². The zero-order valence-corrected chi connectivity index (χ0v) is 11.6.